The van der Waals surface area contributed by atoms with Crippen LogP contribution < -0.4 is 10.5 Å². The Morgan fingerprint density at radius 1 is 1.29 bits per heavy atom. The van der Waals surface area contributed by atoms with E-state index in [2.05, 4.69) is 4.72 Å². The van der Waals surface area contributed by atoms with Gasteiger partial charge in [-0.25, -0.2) is 21.6 Å². The summed E-state index contributed by atoms with van der Waals surface area (Å²) in [4.78, 5) is 9.46. The van der Waals surface area contributed by atoms with E-state index in [1.165, 1.54) is 6.07 Å². The highest BCUT2D eigenvalue weighted by Crippen LogP contribution is 2.25. The number of benzene rings is 1. The van der Waals surface area contributed by atoms with Crippen molar-refractivity contribution in [1.82, 2.24) is 4.72 Å². The molecule has 0 aliphatic carbocycles. The third kappa shape index (κ3) is 5.28. The van der Waals surface area contributed by atoms with Crippen LogP contribution in [0.1, 0.15) is 6.42 Å². The van der Waals surface area contributed by atoms with Gasteiger partial charge >= 0.3 is 0 Å². The maximum Gasteiger partial charge on any atom is 0.289 e. The third-order valence-electron chi connectivity index (χ3n) is 2.45. The van der Waals surface area contributed by atoms with Crippen molar-refractivity contribution in [3.8, 4) is 0 Å². The monoisotopic (exact) mass is 337 g/mol. The first-order chi connectivity index (χ1) is 9.53. The SMILES string of the molecule is CS(=O)(=O)CCCNS(=O)(=O)c1cc(N)ccc1[N+](=O)[O-]. The van der Waals surface area contributed by atoms with E-state index in [0.717, 1.165) is 18.4 Å². The predicted molar refractivity (Wildman–Crippen MR) is 77.0 cm³/mol. The molecule has 21 heavy (non-hydrogen) atoms. The quantitative estimate of drug-likeness (QED) is 0.305. The molecule has 9 nitrogen and oxygen atoms in total. The molecule has 0 amide bonds. The maximum absolute atomic E-state index is 12.0. The Morgan fingerprint density at radius 3 is 2.43 bits per heavy atom. The Kier molecular flexibility index (Phi) is 5.25. The summed E-state index contributed by atoms with van der Waals surface area (Å²) >= 11 is 0. The van der Waals surface area contributed by atoms with Crippen LogP contribution in [0.15, 0.2) is 23.1 Å². The Labute approximate surface area is 122 Å². The molecule has 1 rings (SSSR count). The van der Waals surface area contributed by atoms with Crippen LogP contribution in [-0.2, 0) is 19.9 Å². The van der Waals surface area contributed by atoms with Crippen LogP contribution in [0.4, 0.5) is 11.4 Å². The van der Waals surface area contributed by atoms with Crippen LogP contribution in [0.25, 0.3) is 0 Å². The van der Waals surface area contributed by atoms with Gasteiger partial charge in [-0.2, -0.15) is 0 Å². The summed E-state index contributed by atoms with van der Waals surface area (Å²) in [5, 5.41) is 10.8. The van der Waals surface area contributed by atoms with Crippen LogP contribution in [-0.4, -0.2) is 40.3 Å². The Bertz CT molecular complexity index is 742. The minimum absolute atomic E-state index is 0.0637. The minimum Gasteiger partial charge on any atom is -0.399 e. The fourth-order valence-electron chi connectivity index (χ4n) is 1.52. The number of hydrogen-bond donors (Lipinski definition) is 2. The fourth-order valence-corrected chi connectivity index (χ4v) is 3.46. The number of anilines is 1. The zero-order chi connectivity index (χ0) is 16.3. The van der Waals surface area contributed by atoms with Crippen molar-refractivity contribution in [2.45, 2.75) is 11.3 Å². The molecule has 118 valence electrons. The van der Waals surface area contributed by atoms with Crippen molar-refractivity contribution in [3.63, 3.8) is 0 Å². The molecule has 0 heterocycles. The van der Waals surface area contributed by atoms with Gasteiger partial charge in [0, 0.05) is 24.6 Å². The standard InChI is InChI=1S/C10H15N3O6S2/c1-20(16,17)6-2-5-12-21(18,19)10-7-8(11)3-4-9(10)13(14)15/h3-4,7,12H,2,5-6,11H2,1H3. The molecule has 0 unspecified atom stereocenters. The number of nitrogen functional groups attached to an aromatic ring is 1. The molecule has 0 bridgehead atoms. The highest BCUT2D eigenvalue weighted by Gasteiger charge is 2.25. The number of nitrogens with two attached hydrogens (primary N) is 1. The minimum atomic E-state index is -4.14. The lowest BCUT2D eigenvalue weighted by Crippen LogP contribution is -2.27. The van der Waals surface area contributed by atoms with E-state index >= 15 is 0 Å². The van der Waals surface area contributed by atoms with Crippen LogP contribution in [0.5, 0.6) is 0 Å². The van der Waals surface area contributed by atoms with E-state index in [-0.39, 0.29) is 24.4 Å². The van der Waals surface area contributed by atoms with E-state index in [1.807, 2.05) is 0 Å². The smallest absolute Gasteiger partial charge is 0.289 e. The fraction of sp³-hybridized carbons (Fsp3) is 0.400. The molecule has 0 aliphatic heterocycles. The van der Waals surface area contributed by atoms with Crippen LogP contribution in [0, 0.1) is 10.1 Å². The lowest BCUT2D eigenvalue weighted by molar-refractivity contribution is -0.387. The summed E-state index contributed by atoms with van der Waals surface area (Å²) in [5.41, 5.74) is 4.91. The second-order valence-electron chi connectivity index (χ2n) is 4.37. The number of sulfone groups is 1. The number of nitrogens with one attached hydrogen (secondary N) is 1. The second kappa shape index (κ2) is 6.37. The van der Waals surface area contributed by atoms with Crippen LogP contribution >= 0.6 is 0 Å². The van der Waals surface area contributed by atoms with Crippen molar-refractivity contribution >= 4 is 31.2 Å². The zero-order valence-corrected chi connectivity index (χ0v) is 12.8. The first-order valence-corrected chi connectivity index (χ1v) is 9.28. The number of nitrogens with zero attached hydrogens (tertiary/aromatic N) is 1. The molecule has 0 fully saturated rings. The van der Waals surface area contributed by atoms with Gasteiger partial charge in [0.15, 0.2) is 4.90 Å². The number of nitro groups is 1. The molecule has 0 radical (unpaired) electrons. The van der Waals surface area contributed by atoms with Crippen molar-refractivity contribution in [2.75, 3.05) is 24.3 Å². The van der Waals surface area contributed by atoms with Crippen molar-refractivity contribution in [3.05, 3.63) is 28.3 Å². The average molecular weight is 337 g/mol. The van der Waals surface area contributed by atoms with E-state index in [0.29, 0.717) is 0 Å². The van der Waals surface area contributed by atoms with E-state index < -0.39 is 35.4 Å². The molecule has 0 saturated heterocycles. The maximum atomic E-state index is 12.0. The zero-order valence-electron chi connectivity index (χ0n) is 11.1. The largest absolute Gasteiger partial charge is 0.399 e. The summed E-state index contributed by atoms with van der Waals surface area (Å²) in [6.45, 7) is -0.151. The van der Waals surface area contributed by atoms with Crippen molar-refractivity contribution in [1.29, 1.82) is 0 Å². The van der Waals surface area contributed by atoms with Crippen LogP contribution in [0.3, 0.4) is 0 Å². The van der Waals surface area contributed by atoms with Gasteiger partial charge in [-0.15, -0.1) is 0 Å². The molecule has 1 aromatic carbocycles. The summed E-state index contributed by atoms with van der Waals surface area (Å²) in [6, 6.07) is 3.21. The average Bonchev–Trinajstić information content (AvgIpc) is 2.33. The van der Waals surface area contributed by atoms with Gasteiger partial charge in [0.05, 0.1) is 10.7 Å². The third-order valence-corrected chi connectivity index (χ3v) is 4.97. The van der Waals surface area contributed by atoms with E-state index in [4.69, 9.17) is 5.73 Å². The molecule has 3 N–H and O–H groups in total. The van der Waals surface area contributed by atoms with Gasteiger partial charge in [0.2, 0.25) is 10.0 Å². The van der Waals surface area contributed by atoms with Gasteiger partial charge in [-0.1, -0.05) is 0 Å². The predicted octanol–water partition coefficient (Wildman–Crippen LogP) is -0.110. The molecule has 0 aromatic heterocycles. The number of hydrogen-bond acceptors (Lipinski definition) is 7. The summed E-state index contributed by atoms with van der Waals surface area (Å²) in [5.74, 6) is -0.186. The molecule has 0 saturated carbocycles. The van der Waals surface area contributed by atoms with Crippen LogP contribution in [0.2, 0.25) is 0 Å². The summed E-state index contributed by atoms with van der Waals surface area (Å²) in [6.07, 6.45) is 1.10. The molecular weight excluding hydrogens is 322 g/mol. The molecule has 1 aromatic rings. The molecule has 11 heteroatoms. The highest BCUT2D eigenvalue weighted by atomic mass is 32.2. The van der Waals surface area contributed by atoms with Crippen molar-refractivity contribution in [2.24, 2.45) is 0 Å². The lowest BCUT2D eigenvalue weighted by Gasteiger charge is -2.07. The van der Waals surface area contributed by atoms with E-state index in [1.54, 1.807) is 0 Å². The number of rotatable bonds is 7. The first kappa shape index (κ1) is 17.3. The van der Waals surface area contributed by atoms with E-state index in [9.17, 15) is 26.9 Å². The number of nitro benzene ring substituents is 1. The Hall–Kier alpha value is -1.72. The normalized spacial score (nSPS) is 12.2. The van der Waals surface area contributed by atoms with Gasteiger partial charge in [-0.3, -0.25) is 10.1 Å². The first-order valence-electron chi connectivity index (χ1n) is 5.74. The lowest BCUT2D eigenvalue weighted by atomic mass is 10.3. The Balaban J connectivity index is 2.93. The molecule has 0 spiro atoms. The molecule has 0 atom stereocenters. The summed E-state index contributed by atoms with van der Waals surface area (Å²) < 4.78 is 48.0. The Morgan fingerprint density at radius 2 is 1.90 bits per heavy atom. The molecular formula is C10H15N3O6S2. The van der Waals surface area contributed by atoms with Gasteiger partial charge in [0.25, 0.3) is 5.69 Å². The molecule has 0 aliphatic rings. The number of sulfonamides is 1. The van der Waals surface area contributed by atoms with Crippen molar-refractivity contribution < 1.29 is 21.8 Å². The second-order valence-corrected chi connectivity index (χ2v) is 8.36. The van der Waals surface area contributed by atoms with Gasteiger partial charge in [0.1, 0.15) is 9.84 Å². The summed E-state index contributed by atoms with van der Waals surface area (Å²) in [7, 11) is -7.34. The van der Waals surface area contributed by atoms with Gasteiger partial charge in [-0.05, 0) is 18.6 Å². The van der Waals surface area contributed by atoms with Gasteiger partial charge < -0.3 is 5.73 Å². The highest BCUT2D eigenvalue weighted by molar-refractivity contribution is 7.90. The topological polar surface area (TPSA) is 149 Å².